The number of aromatic nitrogens is 1. The van der Waals surface area contributed by atoms with Gasteiger partial charge < -0.3 is 14.6 Å². The van der Waals surface area contributed by atoms with Gasteiger partial charge in [-0.3, -0.25) is 4.79 Å². The lowest BCUT2D eigenvalue weighted by molar-refractivity contribution is -0.138. The molecular formula is C12H17F3N2O2. The third-order valence-electron chi connectivity index (χ3n) is 2.57. The van der Waals surface area contributed by atoms with E-state index in [1.807, 2.05) is 6.92 Å². The highest BCUT2D eigenvalue weighted by atomic mass is 19.4. The van der Waals surface area contributed by atoms with E-state index in [1.165, 1.54) is 0 Å². The van der Waals surface area contributed by atoms with E-state index < -0.39 is 17.3 Å². The SMILES string of the molecule is COCC(C)NCCn1cc(C(F)(F)F)ccc1=O. The second-order valence-corrected chi connectivity index (χ2v) is 4.26. The number of hydrogen-bond donors (Lipinski definition) is 1. The molecule has 108 valence electrons. The van der Waals surface area contributed by atoms with Crippen molar-refractivity contribution in [3.8, 4) is 0 Å². The number of rotatable bonds is 6. The maximum Gasteiger partial charge on any atom is 0.417 e. The molecule has 1 heterocycles. The fourth-order valence-corrected chi connectivity index (χ4v) is 1.61. The Morgan fingerprint density at radius 2 is 2.11 bits per heavy atom. The predicted molar refractivity (Wildman–Crippen MR) is 65.0 cm³/mol. The van der Waals surface area contributed by atoms with Crippen LogP contribution < -0.4 is 10.9 Å². The van der Waals surface area contributed by atoms with Gasteiger partial charge in [-0.2, -0.15) is 13.2 Å². The summed E-state index contributed by atoms with van der Waals surface area (Å²) in [5.74, 6) is 0. The summed E-state index contributed by atoms with van der Waals surface area (Å²) < 4.78 is 43.5. The smallest absolute Gasteiger partial charge is 0.383 e. The van der Waals surface area contributed by atoms with Gasteiger partial charge in [0, 0.05) is 38.5 Å². The molecule has 19 heavy (non-hydrogen) atoms. The lowest BCUT2D eigenvalue weighted by Crippen LogP contribution is -2.34. The fourth-order valence-electron chi connectivity index (χ4n) is 1.61. The molecule has 0 amide bonds. The molecule has 1 aromatic heterocycles. The summed E-state index contributed by atoms with van der Waals surface area (Å²) in [4.78, 5) is 11.4. The van der Waals surface area contributed by atoms with E-state index in [9.17, 15) is 18.0 Å². The van der Waals surface area contributed by atoms with Crippen molar-refractivity contribution in [1.29, 1.82) is 0 Å². The molecule has 0 fully saturated rings. The molecule has 1 aromatic rings. The van der Waals surface area contributed by atoms with Crippen molar-refractivity contribution in [2.75, 3.05) is 20.3 Å². The van der Waals surface area contributed by atoms with Crippen molar-refractivity contribution in [1.82, 2.24) is 9.88 Å². The van der Waals surface area contributed by atoms with Gasteiger partial charge >= 0.3 is 6.18 Å². The van der Waals surface area contributed by atoms with Crippen LogP contribution in [0.3, 0.4) is 0 Å². The van der Waals surface area contributed by atoms with E-state index in [-0.39, 0.29) is 12.6 Å². The van der Waals surface area contributed by atoms with Crippen molar-refractivity contribution < 1.29 is 17.9 Å². The van der Waals surface area contributed by atoms with Crippen LogP contribution in [0.2, 0.25) is 0 Å². The molecule has 0 saturated carbocycles. The number of pyridine rings is 1. The highest BCUT2D eigenvalue weighted by molar-refractivity contribution is 5.13. The molecule has 0 aliphatic carbocycles. The highest BCUT2D eigenvalue weighted by Crippen LogP contribution is 2.27. The maximum absolute atomic E-state index is 12.5. The van der Waals surface area contributed by atoms with E-state index in [0.29, 0.717) is 13.2 Å². The molecule has 1 rings (SSSR count). The standard InChI is InChI=1S/C12H17F3N2O2/c1-9(8-19-2)16-5-6-17-7-10(12(13,14)15)3-4-11(17)18/h3-4,7,9,16H,5-6,8H2,1-2H3. The molecule has 0 aromatic carbocycles. The van der Waals surface area contributed by atoms with Gasteiger partial charge in [0.25, 0.3) is 5.56 Å². The van der Waals surface area contributed by atoms with Gasteiger partial charge in [-0.1, -0.05) is 0 Å². The summed E-state index contributed by atoms with van der Waals surface area (Å²) in [6, 6.07) is 1.80. The molecule has 0 spiro atoms. The number of halogens is 3. The van der Waals surface area contributed by atoms with Crippen molar-refractivity contribution >= 4 is 0 Å². The highest BCUT2D eigenvalue weighted by Gasteiger charge is 2.30. The van der Waals surface area contributed by atoms with Crippen LogP contribution in [0.15, 0.2) is 23.1 Å². The summed E-state index contributed by atoms with van der Waals surface area (Å²) in [5, 5.41) is 3.05. The van der Waals surface area contributed by atoms with Crippen LogP contribution in [0.1, 0.15) is 12.5 Å². The van der Waals surface area contributed by atoms with Gasteiger partial charge in [0.2, 0.25) is 0 Å². The number of methoxy groups -OCH3 is 1. The molecule has 4 nitrogen and oxygen atoms in total. The van der Waals surface area contributed by atoms with E-state index in [4.69, 9.17) is 4.74 Å². The van der Waals surface area contributed by atoms with Crippen LogP contribution >= 0.6 is 0 Å². The predicted octanol–water partition coefficient (Wildman–Crippen LogP) is 1.49. The molecular weight excluding hydrogens is 261 g/mol. The number of nitrogens with zero attached hydrogens (tertiary/aromatic N) is 1. The Morgan fingerprint density at radius 3 is 2.68 bits per heavy atom. The van der Waals surface area contributed by atoms with Gasteiger partial charge in [-0.15, -0.1) is 0 Å². The van der Waals surface area contributed by atoms with Crippen molar-refractivity contribution in [2.45, 2.75) is 25.7 Å². The van der Waals surface area contributed by atoms with Gasteiger partial charge in [0.15, 0.2) is 0 Å². The number of hydrogen-bond acceptors (Lipinski definition) is 3. The van der Waals surface area contributed by atoms with Crippen LogP contribution in [0.5, 0.6) is 0 Å². The van der Waals surface area contributed by atoms with Crippen LogP contribution in [0.4, 0.5) is 13.2 Å². The molecule has 1 N–H and O–H groups in total. The van der Waals surface area contributed by atoms with Crippen LogP contribution in [-0.4, -0.2) is 30.9 Å². The zero-order valence-electron chi connectivity index (χ0n) is 10.8. The molecule has 1 atom stereocenters. The number of alkyl halides is 3. The Kier molecular flexibility index (Phi) is 5.56. The first-order chi connectivity index (χ1) is 8.84. The molecule has 0 radical (unpaired) electrons. The van der Waals surface area contributed by atoms with Gasteiger partial charge in [-0.25, -0.2) is 0 Å². The minimum Gasteiger partial charge on any atom is -0.383 e. The number of ether oxygens (including phenoxy) is 1. The molecule has 1 unspecified atom stereocenters. The maximum atomic E-state index is 12.5. The summed E-state index contributed by atoms with van der Waals surface area (Å²) in [6.45, 7) is 2.96. The second kappa shape index (κ2) is 6.72. The molecule has 0 saturated heterocycles. The minimum atomic E-state index is -4.44. The average Bonchev–Trinajstić information content (AvgIpc) is 2.30. The molecule has 0 bridgehead atoms. The van der Waals surface area contributed by atoms with E-state index in [1.54, 1.807) is 7.11 Å². The van der Waals surface area contributed by atoms with E-state index in [2.05, 4.69) is 5.32 Å². The lowest BCUT2D eigenvalue weighted by atomic mass is 10.2. The lowest BCUT2D eigenvalue weighted by Gasteiger charge is -2.14. The van der Waals surface area contributed by atoms with Crippen LogP contribution in [-0.2, 0) is 17.5 Å². The van der Waals surface area contributed by atoms with Gasteiger partial charge in [0.1, 0.15) is 0 Å². The van der Waals surface area contributed by atoms with Crippen molar-refractivity contribution in [2.24, 2.45) is 0 Å². The Balaban J connectivity index is 2.65. The van der Waals surface area contributed by atoms with Crippen LogP contribution in [0, 0.1) is 0 Å². The first kappa shape index (κ1) is 15.7. The summed E-state index contributed by atoms with van der Waals surface area (Å²) in [5.41, 5.74) is -1.27. The van der Waals surface area contributed by atoms with Crippen molar-refractivity contribution in [3.63, 3.8) is 0 Å². The molecule has 7 heteroatoms. The first-order valence-electron chi connectivity index (χ1n) is 5.84. The second-order valence-electron chi connectivity index (χ2n) is 4.26. The van der Waals surface area contributed by atoms with Gasteiger partial charge in [0.05, 0.1) is 12.2 Å². The topological polar surface area (TPSA) is 43.3 Å². The molecule has 0 aliphatic heterocycles. The largest absolute Gasteiger partial charge is 0.417 e. The zero-order valence-corrected chi connectivity index (χ0v) is 10.8. The Morgan fingerprint density at radius 1 is 1.42 bits per heavy atom. The summed E-state index contributed by atoms with van der Waals surface area (Å²) >= 11 is 0. The van der Waals surface area contributed by atoms with E-state index >= 15 is 0 Å². The third-order valence-corrected chi connectivity index (χ3v) is 2.57. The number of nitrogens with one attached hydrogen (secondary N) is 1. The molecule has 0 aliphatic rings. The van der Waals surface area contributed by atoms with E-state index in [0.717, 1.165) is 22.9 Å². The fraction of sp³-hybridized carbons (Fsp3) is 0.583. The summed E-state index contributed by atoms with van der Waals surface area (Å²) in [6.07, 6.45) is -3.60. The minimum absolute atomic E-state index is 0.0755. The first-order valence-corrected chi connectivity index (χ1v) is 5.84. The Bertz CT molecular complexity index is 457. The van der Waals surface area contributed by atoms with Crippen molar-refractivity contribution in [3.05, 3.63) is 34.2 Å². The monoisotopic (exact) mass is 278 g/mol. The average molecular weight is 278 g/mol. The Labute approximate surface area is 109 Å². The normalized spacial score (nSPS) is 13.5. The zero-order chi connectivity index (χ0) is 14.5. The third kappa shape index (κ3) is 5.04. The van der Waals surface area contributed by atoms with Crippen LogP contribution in [0.25, 0.3) is 0 Å². The quantitative estimate of drug-likeness (QED) is 0.857. The van der Waals surface area contributed by atoms with Gasteiger partial charge in [-0.05, 0) is 13.0 Å². The summed E-state index contributed by atoms with van der Waals surface area (Å²) in [7, 11) is 1.56. The Hall–Kier alpha value is -1.34.